The van der Waals surface area contributed by atoms with Gasteiger partial charge >= 0.3 is 0 Å². The number of carbonyl (C=O) groups excluding carboxylic acids is 6. The summed E-state index contributed by atoms with van der Waals surface area (Å²) in [7, 11) is 5.84. The van der Waals surface area contributed by atoms with Gasteiger partial charge in [0.15, 0.2) is 22.8 Å². The van der Waals surface area contributed by atoms with Crippen molar-refractivity contribution in [2.24, 2.45) is 35.1 Å². The van der Waals surface area contributed by atoms with Crippen molar-refractivity contribution >= 4 is 71.3 Å². The number of aliphatic hydroxyl groups is 9. The highest BCUT2D eigenvalue weighted by atomic mass is 35.5. The van der Waals surface area contributed by atoms with Gasteiger partial charge in [0.05, 0.1) is 47.3 Å². The fourth-order valence-electron chi connectivity index (χ4n) is 11.2. The lowest BCUT2D eigenvalue weighted by Gasteiger charge is -2.53. The number of nitrogens with two attached hydrogens (primary N) is 2. The van der Waals surface area contributed by atoms with Gasteiger partial charge in [-0.1, -0.05) is 38.1 Å². The van der Waals surface area contributed by atoms with Gasteiger partial charge in [0.2, 0.25) is 11.6 Å². The summed E-state index contributed by atoms with van der Waals surface area (Å²) in [6.07, 6.45) is -3.18. The minimum Gasteiger partial charge on any atom is -0.508 e. The fourth-order valence-corrected chi connectivity index (χ4v) is 11.2. The molecular weight excluding hydrogens is 967 g/mol. The molecule has 70 heavy (non-hydrogen) atoms. The van der Waals surface area contributed by atoms with Crippen LogP contribution in [0.5, 0.6) is 11.5 Å². The zero-order valence-electron chi connectivity index (χ0n) is 38.7. The van der Waals surface area contributed by atoms with Crippen LogP contribution in [0.3, 0.4) is 0 Å². The number of aromatic hydroxyl groups is 2. The van der Waals surface area contributed by atoms with Crippen molar-refractivity contribution in [3.63, 3.8) is 0 Å². The first-order valence-electron chi connectivity index (χ1n) is 21.1. The Kier molecular flexibility index (Phi) is 17.0. The van der Waals surface area contributed by atoms with Gasteiger partial charge in [0.1, 0.15) is 45.7 Å². The van der Waals surface area contributed by atoms with Crippen molar-refractivity contribution in [2.45, 2.75) is 68.1 Å². The normalized spacial score (nSPS) is 31.7. The fraction of sp³-hybridized carbons (Fsp3) is 0.435. The molecule has 0 heterocycles. The number of primary amides is 2. The van der Waals surface area contributed by atoms with E-state index in [1.54, 1.807) is 45.0 Å². The second kappa shape index (κ2) is 20.4. The van der Waals surface area contributed by atoms with Gasteiger partial charge in [0, 0.05) is 29.6 Å². The third kappa shape index (κ3) is 8.01. The number of hydrogen-bond donors (Lipinski definition) is 13. The van der Waals surface area contributed by atoms with Crippen molar-refractivity contribution in [2.75, 3.05) is 34.8 Å². The Balaban J connectivity index is 0.000000337. The quantitative estimate of drug-likeness (QED) is 0.164. The number of hydrogen-bond acceptors (Lipinski definition) is 19. The van der Waals surface area contributed by atoms with E-state index in [4.69, 9.17) is 16.6 Å². The minimum absolute atomic E-state index is 0. The van der Waals surface area contributed by atoms with Crippen LogP contribution in [0.4, 0.5) is 0 Å². The standard InChI is InChI=1S/2C22H24N2O8.C2H6O.2ClH.H2O/c2*1-7-8-5-4-6-9(25)11(8)16(26)12-10(7)17(27)14-15(24(2)3)18(28)13(21(23)31)20(30)22(14,32)19(12)29;1-2-3;;;/h2*4-7,10,14-15,17,25-27,30,32H,1-3H3,(H2,23,31);3H,2H2,1H3;2*1H;1H2/t2*7-,10?,14?,15-,17-,22+;;;;/m00..../s1. The Bertz CT molecular complexity index is 2490. The first-order chi connectivity index (χ1) is 31.1. The molecule has 0 saturated heterocycles. The lowest BCUT2D eigenvalue weighted by molar-refractivity contribution is -0.170. The van der Waals surface area contributed by atoms with Crippen molar-refractivity contribution in [1.82, 2.24) is 9.80 Å². The largest absolute Gasteiger partial charge is 0.508 e. The average molecular weight is 1030 g/mol. The SMILES string of the molecule is CCO.C[C@H]1c2cccc(O)c2C(O)=C2C(=O)[C@@]3(O)C(O)=C(C(N)=O)C(=O)[C@@H](N(C)C)C3[C@@H](O)C21.C[C@H]1c2cccc(O)c2C(O)=C2C(=O)[C@@]3(O)C(O)=C(C(N)=O)C(=O)[C@@H](N(C)C)C3[C@@H](O)C21.Cl.Cl.O. The molecule has 6 aliphatic carbocycles. The van der Waals surface area contributed by atoms with E-state index < -0.39 is 151 Å². The van der Waals surface area contributed by atoms with Gasteiger partial charge < -0.3 is 73.1 Å². The van der Waals surface area contributed by atoms with E-state index in [9.17, 15) is 79.8 Å². The third-order valence-electron chi connectivity index (χ3n) is 14.0. The average Bonchev–Trinajstić information content (AvgIpc) is 3.23. The molecule has 17 N–H and O–H groups in total. The predicted molar refractivity (Wildman–Crippen MR) is 252 cm³/mol. The molecule has 24 heteroatoms. The number of benzene rings is 2. The first kappa shape index (κ1) is 58.4. The number of ketones is 4. The van der Waals surface area contributed by atoms with Crippen LogP contribution < -0.4 is 11.5 Å². The van der Waals surface area contributed by atoms with Gasteiger partial charge in [-0.25, -0.2) is 0 Å². The lowest BCUT2D eigenvalue weighted by Crippen LogP contribution is -2.70. The van der Waals surface area contributed by atoms with Crippen LogP contribution in [0.1, 0.15) is 54.9 Å². The topological polar surface area (TPSA) is 415 Å². The highest BCUT2D eigenvalue weighted by Crippen LogP contribution is 2.58. The molecule has 2 amide bonds. The lowest BCUT2D eigenvalue weighted by atomic mass is 9.54. The predicted octanol–water partition coefficient (Wildman–Crippen LogP) is -0.991. The van der Waals surface area contributed by atoms with Gasteiger partial charge in [-0.15, -0.1) is 24.8 Å². The number of phenolic OH excluding ortho intramolecular Hbond substituents is 2. The molecule has 384 valence electrons. The summed E-state index contributed by atoms with van der Waals surface area (Å²) in [5.41, 5.74) is 2.94. The number of carbonyl (C=O) groups is 6. The first-order valence-corrected chi connectivity index (χ1v) is 21.1. The molecule has 2 aromatic rings. The zero-order valence-corrected chi connectivity index (χ0v) is 40.3. The molecule has 12 atom stereocenters. The van der Waals surface area contributed by atoms with E-state index >= 15 is 0 Å². The smallest absolute Gasteiger partial charge is 0.255 e. The maximum Gasteiger partial charge on any atom is 0.255 e. The van der Waals surface area contributed by atoms with Gasteiger partial charge in [-0.05, 0) is 70.2 Å². The summed E-state index contributed by atoms with van der Waals surface area (Å²) in [5, 5.41) is 117. The second-order valence-corrected chi connectivity index (χ2v) is 17.9. The number of phenols is 2. The molecule has 0 aromatic heterocycles. The maximum absolute atomic E-state index is 13.7. The van der Waals surface area contributed by atoms with Crippen LogP contribution in [-0.4, -0.2) is 177 Å². The number of likely N-dealkylation sites (N-methyl/N-ethyl adjacent to an activating group) is 2. The van der Waals surface area contributed by atoms with E-state index in [2.05, 4.69) is 0 Å². The molecule has 4 unspecified atom stereocenters. The highest BCUT2D eigenvalue weighted by molar-refractivity contribution is 6.26. The Morgan fingerprint density at radius 1 is 0.614 bits per heavy atom. The summed E-state index contributed by atoms with van der Waals surface area (Å²) in [6.45, 7) is 5.28. The van der Waals surface area contributed by atoms with E-state index in [1.807, 2.05) is 0 Å². The van der Waals surface area contributed by atoms with E-state index in [0.29, 0.717) is 11.1 Å². The van der Waals surface area contributed by atoms with E-state index in [-0.39, 0.29) is 59.5 Å². The van der Waals surface area contributed by atoms with Crippen molar-refractivity contribution in [3.05, 3.63) is 92.5 Å². The number of amides is 2. The summed E-state index contributed by atoms with van der Waals surface area (Å²) in [5.74, 6) is -17.7. The molecule has 2 fully saturated rings. The molecule has 22 nitrogen and oxygen atoms in total. The number of nitrogens with zero attached hydrogens (tertiary/aromatic N) is 2. The van der Waals surface area contributed by atoms with Gasteiger partial charge in [-0.3, -0.25) is 38.6 Å². The molecule has 6 aliphatic rings. The number of halogens is 2. The van der Waals surface area contributed by atoms with E-state index in [1.165, 1.54) is 50.1 Å². The number of aliphatic hydroxyl groups excluding tert-OH is 7. The molecule has 2 saturated carbocycles. The van der Waals surface area contributed by atoms with Gasteiger partial charge in [0.25, 0.3) is 11.8 Å². The van der Waals surface area contributed by atoms with E-state index in [0.717, 1.165) is 0 Å². The molecule has 0 bridgehead atoms. The van der Waals surface area contributed by atoms with Crippen LogP contribution in [0.15, 0.2) is 70.2 Å². The minimum atomic E-state index is -2.89. The molecular formula is C46H58Cl2N4O18. The molecule has 0 aliphatic heterocycles. The van der Waals surface area contributed by atoms with Crippen LogP contribution in [0.2, 0.25) is 0 Å². The maximum atomic E-state index is 13.7. The van der Waals surface area contributed by atoms with Crippen molar-refractivity contribution in [3.8, 4) is 11.5 Å². The van der Waals surface area contributed by atoms with Crippen LogP contribution in [0, 0.1) is 23.7 Å². The Labute approximate surface area is 412 Å². The Hall–Kier alpha value is -5.92. The second-order valence-electron chi connectivity index (χ2n) is 17.9. The zero-order chi connectivity index (χ0) is 50.4. The molecule has 8 rings (SSSR count). The molecule has 2 aromatic carbocycles. The number of fused-ring (bicyclic) bond motifs is 6. The summed E-state index contributed by atoms with van der Waals surface area (Å²) in [4.78, 5) is 79.9. The Morgan fingerprint density at radius 2 is 0.900 bits per heavy atom. The molecule has 0 radical (unpaired) electrons. The van der Waals surface area contributed by atoms with Crippen LogP contribution in [0.25, 0.3) is 11.5 Å². The summed E-state index contributed by atoms with van der Waals surface area (Å²) >= 11 is 0. The number of Topliss-reactive ketones (excluding diaryl/α,β-unsaturated/α-hetero) is 4. The van der Waals surface area contributed by atoms with Gasteiger partial charge in [-0.2, -0.15) is 0 Å². The van der Waals surface area contributed by atoms with Crippen molar-refractivity contribution in [1.29, 1.82) is 0 Å². The Morgan fingerprint density at radius 3 is 1.16 bits per heavy atom. The van der Waals surface area contributed by atoms with Crippen LogP contribution in [-0.2, 0) is 28.8 Å². The highest BCUT2D eigenvalue weighted by Gasteiger charge is 2.70. The third-order valence-corrected chi connectivity index (χ3v) is 14.0. The summed E-state index contributed by atoms with van der Waals surface area (Å²) < 4.78 is 0. The number of rotatable bonds is 4. The summed E-state index contributed by atoms with van der Waals surface area (Å²) in [6, 6.07) is 6.26. The van der Waals surface area contributed by atoms with Crippen LogP contribution >= 0.6 is 24.8 Å². The monoisotopic (exact) mass is 1020 g/mol. The molecule has 0 spiro atoms. The van der Waals surface area contributed by atoms with Crippen molar-refractivity contribution < 1.29 is 90.4 Å².